The van der Waals surface area contributed by atoms with Gasteiger partial charge in [0.1, 0.15) is 0 Å². The molecule has 2 aromatic heterocycles. The molecule has 0 saturated heterocycles. The summed E-state index contributed by atoms with van der Waals surface area (Å²) in [5.41, 5.74) is 8.32. The maximum absolute atomic E-state index is 15.5. The first-order valence-corrected chi connectivity index (χ1v) is 21.3. The minimum Gasteiger partial charge on any atom is -0.309 e. The molecule has 0 fully saturated rings. The van der Waals surface area contributed by atoms with E-state index in [1.807, 2.05) is 85.1 Å². The third kappa shape index (κ3) is 5.39. The topological polar surface area (TPSA) is 42.9 Å². The monoisotopic (exact) mass is 758 g/mol. The van der Waals surface area contributed by atoms with E-state index in [9.17, 15) is 0 Å². The van der Waals surface area contributed by atoms with Gasteiger partial charge in [-0.15, -0.1) is 0 Å². The Morgan fingerprint density at radius 2 is 0.897 bits per heavy atom. The van der Waals surface area contributed by atoms with Crippen LogP contribution in [-0.2, 0) is 4.57 Å². The van der Waals surface area contributed by atoms with Crippen LogP contribution in [0.15, 0.2) is 212 Å². The van der Waals surface area contributed by atoms with Crippen LogP contribution in [0, 0.1) is 0 Å². The number of hydrogen-bond donors (Lipinski definition) is 0. The van der Waals surface area contributed by atoms with Crippen molar-refractivity contribution in [1.29, 1.82) is 0 Å². The molecule has 0 spiro atoms. The van der Waals surface area contributed by atoms with Crippen LogP contribution in [0.5, 0.6) is 0 Å². The van der Waals surface area contributed by atoms with Crippen LogP contribution in [0.25, 0.3) is 87.6 Å². The van der Waals surface area contributed by atoms with Gasteiger partial charge in [-0.05, 0) is 62.0 Å². The number of rotatable bonds is 6. The third-order valence-corrected chi connectivity index (χ3v) is 14.6. The fourth-order valence-electron chi connectivity index (χ4n) is 8.93. The standard InChI is InChI=1S/C54H35N2OP/c57-58(40-20-6-2-7-21-40,41-22-8-3-9-23-41)42-24-14-18-38(34-42)50-43-25-10-12-27-45(43)51(46-28-13-11-26-44(46)50)39-30-31-47-49(35-39)56-53(36-16-4-1-5-17-36)48-32-29-37-19-15-33-55-54(37)52(47)48/h1-35H. The smallest absolute Gasteiger partial charge is 0.171 e. The molecular formula is C54H35N2OP. The molecular weight excluding hydrogens is 724 g/mol. The maximum atomic E-state index is 15.5. The fourth-order valence-corrected chi connectivity index (χ4v) is 11.6. The largest absolute Gasteiger partial charge is 0.309 e. The lowest BCUT2D eigenvalue weighted by Gasteiger charge is -2.22. The van der Waals surface area contributed by atoms with Crippen LogP contribution in [0.4, 0.5) is 0 Å². The summed E-state index contributed by atoms with van der Waals surface area (Å²) >= 11 is 0. The Labute approximate surface area is 336 Å². The summed E-state index contributed by atoms with van der Waals surface area (Å²) in [5, 5.41) is 11.4. The number of hydrogen-bond acceptors (Lipinski definition) is 3. The van der Waals surface area contributed by atoms with E-state index in [1.165, 1.54) is 0 Å². The highest BCUT2D eigenvalue weighted by Gasteiger charge is 2.30. The SMILES string of the molecule is O=P(c1ccccc1)(c1ccccc1)c1cccc(-c2c3ccccc3c(-c3ccc4c(c3)nc(-c3ccccc3)c3ccc5cccnc5c34)c3ccccc23)c1. The molecule has 0 saturated carbocycles. The van der Waals surface area contributed by atoms with E-state index in [-0.39, 0.29) is 0 Å². The first kappa shape index (κ1) is 34.1. The number of aromatic nitrogens is 2. The van der Waals surface area contributed by atoms with E-state index >= 15 is 4.57 Å². The summed E-state index contributed by atoms with van der Waals surface area (Å²) in [4.78, 5) is 10.3. The van der Waals surface area contributed by atoms with Crippen molar-refractivity contribution in [3.8, 4) is 33.5 Å². The van der Waals surface area contributed by atoms with Crippen molar-refractivity contribution in [3.05, 3.63) is 212 Å². The molecule has 11 rings (SSSR count). The number of nitrogens with zero attached hydrogens (tertiary/aromatic N) is 2. The Balaban J connectivity index is 1.16. The predicted octanol–water partition coefficient (Wildman–Crippen LogP) is 12.9. The van der Waals surface area contributed by atoms with Crippen molar-refractivity contribution in [3.63, 3.8) is 0 Å². The van der Waals surface area contributed by atoms with Gasteiger partial charge in [0.05, 0.1) is 16.7 Å². The summed E-state index contributed by atoms with van der Waals surface area (Å²) in [7, 11) is -3.20. The number of pyridine rings is 2. The Morgan fingerprint density at radius 3 is 1.52 bits per heavy atom. The average molecular weight is 759 g/mol. The van der Waals surface area contributed by atoms with E-state index in [2.05, 4.69) is 127 Å². The average Bonchev–Trinajstić information content (AvgIpc) is 3.30. The van der Waals surface area contributed by atoms with Crippen molar-refractivity contribution in [1.82, 2.24) is 9.97 Å². The van der Waals surface area contributed by atoms with Crippen LogP contribution in [0.1, 0.15) is 0 Å². The molecule has 11 aromatic rings. The highest BCUT2D eigenvalue weighted by molar-refractivity contribution is 7.85. The normalized spacial score (nSPS) is 11.9. The molecule has 272 valence electrons. The molecule has 0 radical (unpaired) electrons. The van der Waals surface area contributed by atoms with Crippen LogP contribution >= 0.6 is 7.14 Å². The molecule has 58 heavy (non-hydrogen) atoms. The Kier molecular flexibility index (Phi) is 8.10. The maximum Gasteiger partial charge on any atom is 0.171 e. The van der Waals surface area contributed by atoms with Crippen LogP contribution in [-0.4, -0.2) is 9.97 Å². The van der Waals surface area contributed by atoms with E-state index in [0.717, 1.165) is 104 Å². The van der Waals surface area contributed by atoms with Crippen LogP contribution in [0.2, 0.25) is 0 Å². The second kappa shape index (κ2) is 13.8. The zero-order chi connectivity index (χ0) is 38.6. The molecule has 4 heteroatoms. The molecule has 9 aromatic carbocycles. The van der Waals surface area contributed by atoms with Crippen LogP contribution in [0.3, 0.4) is 0 Å². The second-order valence-electron chi connectivity index (χ2n) is 14.8. The van der Waals surface area contributed by atoms with Crippen molar-refractivity contribution in [2.75, 3.05) is 0 Å². The van der Waals surface area contributed by atoms with E-state index < -0.39 is 7.14 Å². The molecule has 0 aliphatic heterocycles. The fraction of sp³-hybridized carbons (Fsp3) is 0. The first-order chi connectivity index (χ1) is 28.7. The summed E-state index contributed by atoms with van der Waals surface area (Å²) in [6, 6.07) is 71.2. The van der Waals surface area contributed by atoms with Gasteiger partial charge in [0.15, 0.2) is 7.14 Å². The van der Waals surface area contributed by atoms with E-state index in [1.54, 1.807) is 0 Å². The Bertz CT molecular complexity index is 3320. The van der Waals surface area contributed by atoms with E-state index in [0.29, 0.717) is 0 Å². The zero-order valence-electron chi connectivity index (χ0n) is 31.5. The third-order valence-electron chi connectivity index (χ3n) is 11.5. The van der Waals surface area contributed by atoms with Gasteiger partial charge in [0.2, 0.25) is 0 Å². The minimum absolute atomic E-state index is 0.809. The van der Waals surface area contributed by atoms with E-state index in [4.69, 9.17) is 9.97 Å². The first-order valence-electron chi connectivity index (χ1n) is 19.6. The van der Waals surface area contributed by atoms with Crippen molar-refractivity contribution < 1.29 is 4.57 Å². The molecule has 0 unspecified atom stereocenters. The lowest BCUT2D eigenvalue weighted by atomic mass is 9.85. The molecule has 0 N–H and O–H groups in total. The molecule has 2 heterocycles. The van der Waals surface area contributed by atoms with Gasteiger partial charge in [0.25, 0.3) is 0 Å². The molecule has 0 aliphatic carbocycles. The number of fused-ring (bicyclic) bond motifs is 7. The Morgan fingerprint density at radius 1 is 0.379 bits per heavy atom. The van der Waals surface area contributed by atoms with Crippen molar-refractivity contribution >= 4 is 77.2 Å². The molecule has 0 aliphatic rings. The van der Waals surface area contributed by atoms with Crippen molar-refractivity contribution in [2.24, 2.45) is 0 Å². The molecule has 0 atom stereocenters. The van der Waals surface area contributed by atoms with Gasteiger partial charge < -0.3 is 4.57 Å². The van der Waals surface area contributed by atoms with Gasteiger partial charge in [-0.3, -0.25) is 4.98 Å². The molecule has 0 bridgehead atoms. The quantitative estimate of drug-likeness (QED) is 0.0963. The zero-order valence-corrected chi connectivity index (χ0v) is 32.4. The summed E-state index contributed by atoms with van der Waals surface area (Å²) in [6.07, 6.45) is 1.88. The molecule has 0 amide bonds. The number of benzene rings is 9. The second-order valence-corrected chi connectivity index (χ2v) is 17.6. The summed E-state index contributed by atoms with van der Waals surface area (Å²) in [5.74, 6) is 0. The minimum atomic E-state index is -3.20. The van der Waals surface area contributed by atoms with Gasteiger partial charge in [-0.25, -0.2) is 4.98 Å². The highest BCUT2D eigenvalue weighted by Crippen LogP contribution is 2.47. The van der Waals surface area contributed by atoms with Gasteiger partial charge in [-0.1, -0.05) is 188 Å². The highest BCUT2D eigenvalue weighted by atomic mass is 31.2. The van der Waals surface area contributed by atoms with Gasteiger partial charge in [0, 0.05) is 49.2 Å². The lowest BCUT2D eigenvalue weighted by Crippen LogP contribution is -2.25. The lowest BCUT2D eigenvalue weighted by molar-refractivity contribution is 0.592. The van der Waals surface area contributed by atoms with Gasteiger partial charge >= 0.3 is 0 Å². The van der Waals surface area contributed by atoms with Crippen molar-refractivity contribution in [2.45, 2.75) is 0 Å². The van der Waals surface area contributed by atoms with Crippen LogP contribution < -0.4 is 15.9 Å². The molecule has 3 nitrogen and oxygen atoms in total. The predicted molar refractivity (Wildman–Crippen MR) is 245 cm³/mol. The summed E-state index contributed by atoms with van der Waals surface area (Å²) < 4.78 is 15.5. The Hall–Kier alpha value is -7.19. The van der Waals surface area contributed by atoms with Gasteiger partial charge in [-0.2, -0.15) is 0 Å². The summed E-state index contributed by atoms with van der Waals surface area (Å²) in [6.45, 7) is 0.